The van der Waals surface area contributed by atoms with E-state index in [9.17, 15) is 20.4 Å². The topological polar surface area (TPSA) is 103 Å². The number of nitriles is 2. The first-order valence-electron chi connectivity index (χ1n) is 13.7. The summed E-state index contributed by atoms with van der Waals surface area (Å²) in [7, 11) is 0. The van der Waals surface area contributed by atoms with Crippen molar-refractivity contribution in [2.45, 2.75) is 32.3 Å². The predicted molar refractivity (Wildman–Crippen MR) is 156 cm³/mol. The fourth-order valence-corrected chi connectivity index (χ4v) is 5.50. The molecule has 204 valence electrons. The standard InChI is InChI=1S/C33H35N5O2/c1-3-37(4-2)32(39)25-15-17-30(18-16-25)36-31(26(23-34)24-35)38-21-19-29(20-22-38)33(40,27-11-7-5-8-12-27)28-13-9-6-10-14-28/h5-18,29,36,40H,3-4,19-22H2,1-2H3. The summed E-state index contributed by atoms with van der Waals surface area (Å²) in [6, 6.07) is 30.6. The smallest absolute Gasteiger partial charge is 0.253 e. The molecular formula is C33H35N5O2. The van der Waals surface area contributed by atoms with E-state index >= 15 is 0 Å². The number of hydrogen-bond donors (Lipinski definition) is 2. The van der Waals surface area contributed by atoms with Gasteiger partial charge in [-0.1, -0.05) is 60.7 Å². The molecule has 1 aliphatic rings. The fourth-order valence-electron chi connectivity index (χ4n) is 5.50. The molecule has 1 fully saturated rings. The van der Waals surface area contributed by atoms with Gasteiger partial charge in [0.2, 0.25) is 0 Å². The van der Waals surface area contributed by atoms with Gasteiger partial charge in [-0.25, -0.2) is 0 Å². The maximum absolute atomic E-state index is 12.7. The quantitative estimate of drug-likeness (QED) is 0.353. The summed E-state index contributed by atoms with van der Waals surface area (Å²) in [4.78, 5) is 16.4. The molecule has 0 unspecified atom stereocenters. The van der Waals surface area contributed by atoms with E-state index in [-0.39, 0.29) is 17.4 Å². The molecule has 0 aromatic heterocycles. The number of allylic oxidation sites excluding steroid dienone is 1. The van der Waals surface area contributed by atoms with Gasteiger partial charge in [-0.15, -0.1) is 0 Å². The first-order chi connectivity index (χ1) is 19.5. The number of amides is 1. The molecule has 0 aliphatic carbocycles. The number of nitrogens with zero attached hydrogens (tertiary/aromatic N) is 4. The van der Waals surface area contributed by atoms with Gasteiger partial charge in [-0.2, -0.15) is 10.5 Å². The summed E-state index contributed by atoms with van der Waals surface area (Å²) in [6.07, 6.45) is 1.32. The minimum absolute atomic E-state index is 0.0110. The minimum Gasteiger partial charge on any atom is -0.380 e. The Labute approximate surface area is 236 Å². The number of likely N-dealkylation sites (tertiary alicyclic amines) is 1. The molecule has 0 saturated carbocycles. The maximum Gasteiger partial charge on any atom is 0.253 e. The van der Waals surface area contributed by atoms with E-state index in [0.717, 1.165) is 11.1 Å². The van der Waals surface area contributed by atoms with Gasteiger partial charge in [-0.3, -0.25) is 4.79 Å². The first kappa shape index (κ1) is 28.4. The molecule has 0 spiro atoms. The van der Waals surface area contributed by atoms with E-state index < -0.39 is 5.60 Å². The zero-order chi connectivity index (χ0) is 28.5. The Bertz CT molecular complexity index is 1340. The van der Waals surface area contributed by atoms with Crippen LogP contribution < -0.4 is 5.32 Å². The van der Waals surface area contributed by atoms with Crippen molar-refractivity contribution in [1.82, 2.24) is 9.80 Å². The second-order valence-corrected chi connectivity index (χ2v) is 9.89. The van der Waals surface area contributed by atoms with Crippen molar-refractivity contribution in [3.63, 3.8) is 0 Å². The summed E-state index contributed by atoms with van der Waals surface area (Å²) < 4.78 is 0. The summed E-state index contributed by atoms with van der Waals surface area (Å²) in [5.41, 5.74) is 1.80. The third kappa shape index (κ3) is 5.86. The van der Waals surface area contributed by atoms with E-state index in [4.69, 9.17) is 0 Å². The van der Waals surface area contributed by atoms with Crippen molar-refractivity contribution in [2.24, 2.45) is 5.92 Å². The molecule has 0 bridgehead atoms. The molecule has 1 amide bonds. The second-order valence-electron chi connectivity index (χ2n) is 9.89. The van der Waals surface area contributed by atoms with E-state index in [0.29, 0.717) is 56.1 Å². The van der Waals surface area contributed by atoms with E-state index in [1.807, 2.05) is 91.5 Å². The maximum atomic E-state index is 12.7. The van der Waals surface area contributed by atoms with Crippen molar-refractivity contribution in [3.8, 4) is 12.1 Å². The number of anilines is 1. The van der Waals surface area contributed by atoms with Crippen LogP contribution >= 0.6 is 0 Å². The van der Waals surface area contributed by atoms with Crippen molar-refractivity contribution < 1.29 is 9.90 Å². The highest BCUT2D eigenvalue weighted by molar-refractivity contribution is 5.94. The van der Waals surface area contributed by atoms with Crippen LogP contribution in [0.15, 0.2) is 96.3 Å². The second kappa shape index (κ2) is 13.0. The Kier molecular flexibility index (Phi) is 9.22. The van der Waals surface area contributed by atoms with Crippen molar-refractivity contribution in [1.29, 1.82) is 10.5 Å². The van der Waals surface area contributed by atoms with Crippen LogP contribution in [-0.4, -0.2) is 47.0 Å². The highest BCUT2D eigenvalue weighted by atomic mass is 16.3. The molecule has 4 rings (SSSR count). The van der Waals surface area contributed by atoms with Crippen LogP contribution in [0.1, 0.15) is 48.2 Å². The molecule has 3 aromatic carbocycles. The van der Waals surface area contributed by atoms with Crippen molar-refractivity contribution in [2.75, 3.05) is 31.5 Å². The fraction of sp³-hybridized carbons (Fsp3) is 0.303. The van der Waals surface area contributed by atoms with E-state index in [1.165, 1.54) is 0 Å². The van der Waals surface area contributed by atoms with Crippen LogP contribution in [0.3, 0.4) is 0 Å². The SMILES string of the molecule is CCN(CC)C(=O)c1ccc(NC(=C(C#N)C#N)N2CCC(C(O)(c3ccccc3)c3ccccc3)CC2)cc1. The number of carbonyl (C=O) groups is 1. The average molecular weight is 534 g/mol. The lowest BCUT2D eigenvalue weighted by molar-refractivity contribution is -0.00989. The molecule has 40 heavy (non-hydrogen) atoms. The van der Waals surface area contributed by atoms with Gasteiger partial charge < -0.3 is 20.2 Å². The lowest BCUT2D eigenvalue weighted by Gasteiger charge is -2.43. The lowest BCUT2D eigenvalue weighted by atomic mass is 9.72. The van der Waals surface area contributed by atoms with Gasteiger partial charge >= 0.3 is 0 Å². The van der Waals surface area contributed by atoms with Crippen LogP contribution in [0.5, 0.6) is 0 Å². The Morgan fingerprint density at radius 2 is 1.40 bits per heavy atom. The molecule has 1 saturated heterocycles. The van der Waals surface area contributed by atoms with E-state index in [1.54, 1.807) is 29.2 Å². The van der Waals surface area contributed by atoms with Gasteiger partial charge in [0, 0.05) is 37.4 Å². The van der Waals surface area contributed by atoms with Gasteiger partial charge in [0.25, 0.3) is 5.91 Å². The number of rotatable bonds is 9. The van der Waals surface area contributed by atoms with Gasteiger partial charge in [-0.05, 0) is 68.0 Å². The van der Waals surface area contributed by atoms with Crippen molar-refractivity contribution >= 4 is 11.6 Å². The van der Waals surface area contributed by atoms with Gasteiger partial charge in [0.1, 0.15) is 23.6 Å². The molecule has 7 heteroatoms. The van der Waals surface area contributed by atoms with Gasteiger partial charge in [0.15, 0.2) is 5.57 Å². The first-order valence-corrected chi connectivity index (χ1v) is 13.7. The number of hydrogen-bond acceptors (Lipinski definition) is 6. The Balaban J connectivity index is 1.55. The molecule has 2 N–H and O–H groups in total. The summed E-state index contributed by atoms with van der Waals surface area (Å²) in [6.45, 7) is 6.28. The highest BCUT2D eigenvalue weighted by Crippen LogP contribution is 2.42. The van der Waals surface area contributed by atoms with Crippen LogP contribution in [-0.2, 0) is 5.60 Å². The zero-order valence-electron chi connectivity index (χ0n) is 23.0. The highest BCUT2D eigenvalue weighted by Gasteiger charge is 2.42. The number of nitrogens with one attached hydrogen (secondary N) is 1. The van der Waals surface area contributed by atoms with Gasteiger partial charge in [0.05, 0.1) is 0 Å². The summed E-state index contributed by atoms with van der Waals surface area (Å²) in [5, 5.41) is 34.9. The molecule has 1 heterocycles. The third-order valence-corrected chi connectivity index (χ3v) is 7.74. The Hall–Kier alpha value is -4.59. The van der Waals surface area contributed by atoms with Crippen LogP contribution in [0.2, 0.25) is 0 Å². The number of aliphatic hydroxyl groups is 1. The monoisotopic (exact) mass is 533 g/mol. The Morgan fingerprint density at radius 3 is 1.85 bits per heavy atom. The molecule has 7 nitrogen and oxygen atoms in total. The zero-order valence-corrected chi connectivity index (χ0v) is 23.0. The van der Waals surface area contributed by atoms with E-state index in [2.05, 4.69) is 5.32 Å². The minimum atomic E-state index is -1.16. The van der Waals surface area contributed by atoms with Crippen LogP contribution in [0.25, 0.3) is 0 Å². The molecule has 1 aliphatic heterocycles. The number of carbonyl (C=O) groups excluding carboxylic acids is 1. The largest absolute Gasteiger partial charge is 0.380 e. The molecule has 0 atom stereocenters. The predicted octanol–water partition coefficient (Wildman–Crippen LogP) is 5.49. The normalized spacial score (nSPS) is 13.6. The van der Waals surface area contributed by atoms with Crippen molar-refractivity contribution in [3.05, 3.63) is 113 Å². The number of piperidine rings is 1. The number of benzene rings is 3. The van der Waals surface area contributed by atoms with Crippen LogP contribution in [0, 0.1) is 28.6 Å². The summed E-state index contributed by atoms with van der Waals surface area (Å²) >= 11 is 0. The van der Waals surface area contributed by atoms with Crippen LogP contribution in [0.4, 0.5) is 5.69 Å². The molecule has 3 aromatic rings. The molecule has 0 radical (unpaired) electrons. The third-order valence-electron chi connectivity index (χ3n) is 7.74. The average Bonchev–Trinajstić information content (AvgIpc) is 3.02. The molecular weight excluding hydrogens is 498 g/mol. The Morgan fingerprint density at radius 1 is 0.900 bits per heavy atom. The summed E-state index contributed by atoms with van der Waals surface area (Å²) in [5.74, 6) is 0.343. The lowest BCUT2D eigenvalue weighted by Crippen LogP contribution is -2.45.